The van der Waals surface area contributed by atoms with E-state index in [0.717, 1.165) is 0 Å². The van der Waals surface area contributed by atoms with Gasteiger partial charge in [-0.1, -0.05) is 27.7 Å². The van der Waals surface area contributed by atoms with Gasteiger partial charge in [0.05, 0.1) is 17.7 Å². The first kappa shape index (κ1) is 18.5. The highest BCUT2D eigenvalue weighted by Crippen LogP contribution is 2.29. The molecule has 1 N–H and O–H groups in total. The van der Waals surface area contributed by atoms with Gasteiger partial charge < -0.3 is 10.1 Å². The first-order chi connectivity index (χ1) is 10.2. The molecule has 4 nitrogen and oxygen atoms in total. The summed E-state index contributed by atoms with van der Waals surface area (Å²) < 4.78 is 5.54. The maximum atomic E-state index is 12.2. The zero-order chi connectivity index (χ0) is 16.9. The van der Waals surface area contributed by atoms with Gasteiger partial charge in [-0.25, -0.2) is 0 Å². The number of nitrogens with one attached hydrogen (secondary N) is 1. The van der Waals surface area contributed by atoms with E-state index in [2.05, 4.69) is 5.32 Å². The molecule has 1 aromatic carbocycles. The fourth-order valence-corrected chi connectivity index (χ4v) is 1.86. The van der Waals surface area contributed by atoms with E-state index in [9.17, 15) is 9.59 Å². The Labute approximate surface area is 137 Å². The third-order valence-corrected chi connectivity index (χ3v) is 3.65. The zero-order valence-corrected chi connectivity index (χ0v) is 14.6. The van der Waals surface area contributed by atoms with E-state index in [1.54, 1.807) is 18.2 Å². The molecular weight excluding hydrogens is 302 g/mol. The van der Waals surface area contributed by atoms with Gasteiger partial charge in [-0.3, -0.25) is 9.59 Å². The van der Waals surface area contributed by atoms with Crippen LogP contribution in [0.5, 0.6) is 5.75 Å². The van der Waals surface area contributed by atoms with Crippen molar-refractivity contribution in [3.63, 3.8) is 0 Å². The Bertz CT molecular complexity index is 549. The third-order valence-electron chi connectivity index (χ3n) is 3.14. The van der Waals surface area contributed by atoms with Crippen LogP contribution in [0.25, 0.3) is 0 Å². The van der Waals surface area contributed by atoms with Crippen molar-refractivity contribution >= 4 is 29.0 Å². The van der Waals surface area contributed by atoms with E-state index < -0.39 is 10.8 Å². The van der Waals surface area contributed by atoms with Gasteiger partial charge in [0.15, 0.2) is 5.78 Å². The average molecular weight is 326 g/mol. The fourth-order valence-electron chi connectivity index (χ4n) is 1.73. The molecule has 0 radical (unpaired) electrons. The van der Waals surface area contributed by atoms with E-state index >= 15 is 0 Å². The van der Waals surface area contributed by atoms with Crippen LogP contribution in [0.3, 0.4) is 0 Å². The van der Waals surface area contributed by atoms with Gasteiger partial charge in [-0.15, -0.1) is 11.6 Å². The molecule has 122 valence electrons. The molecule has 0 bridgehead atoms. The van der Waals surface area contributed by atoms with Crippen molar-refractivity contribution < 1.29 is 14.3 Å². The van der Waals surface area contributed by atoms with E-state index in [-0.39, 0.29) is 11.7 Å². The van der Waals surface area contributed by atoms with Crippen LogP contribution >= 0.6 is 11.6 Å². The minimum atomic E-state index is -0.551. The summed E-state index contributed by atoms with van der Waals surface area (Å²) in [6.07, 6.45) is 0.562. The summed E-state index contributed by atoms with van der Waals surface area (Å²) in [5.41, 5.74) is 0.529. The SMILES string of the molecule is CCOc1cc(C(=O)C(Cl)CC)ccc1NC(=O)C(C)(C)C. The summed E-state index contributed by atoms with van der Waals surface area (Å²) in [5, 5.41) is 2.29. The summed E-state index contributed by atoms with van der Waals surface area (Å²) in [6, 6.07) is 4.98. The summed E-state index contributed by atoms with van der Waals surface area (Å²) in [4.78, 5) is 24.3. The van der Waals surface area contributed by atoms with Crippen molar-refractivity contribution in [2.75, 3.05) is 11.9 Å². The lowest BCUT2D eigenvalue weighted by atomic mass is 9.95. The fraction of sp³-hybridized carbons (Fsp3) is 0.529. The molecule has 1 rings (SSSR count). The average Bonchev–Trinajstić information content (AvgIpc) is 2.46. The summed E-state index contributed by atoms with van der Waals surface area (Å²) in [7, 11) is 0. The first-order valence-corrected chi connectivity index (χ1v) is 7.90. The lowest BCUT2D eigenvalue weighted by molar-refractivity contribution is -0.123. The van der Waals surface area contributed by atoms with E-state index in [4.69, 9.17) is 16.3 Å². The predicted molar refractivity (Wildman–Crippen MR) is 90.0 cm³/mol. The summed E-state index contributed by atoms with van der Waals surface area (Å²) in [6.45, 7) is 9.64. The molecule has 0 saturated carbocycles. The smallest absolute Gasteiger partial charge is 0.229 e. The van der Waals surface area contributed by atoms with Gasteiger partial charge in [-0.05, 0) is 31.5 Å². The Morgan fingerprint density at radius 1 is 1.27 bits per heavy atom. The Kier molecular flexibility index (Phi) is 6.42. The summed E-state index contributed by atoms with van der Waals surface area (Å²) >= 11 is 6.00. The van der Waals surface area contributed by atoms with E-state index in [0.29, 0.717) is 30.0 Å². The second-order valence-electron chi connectivity index (χ2n) is 6.09. The maximum Gasteiger partial charge on any atom is 0.229 e. The number of ketones is 1. The van der Waals surface area contributed by atoms with Gasteiger partial charge in [0.2, 0.25) is 5.91 Å². The first-order valence-electron chi connectivity index (χ1n) is 7.47. The van der Waals surface area contributed by atoms with Crippen LogP contribution in [0.2, 0.25) is 0 Å². The highest BCUT2D eigenvalue weighted by Gasteiger charge is 2.23. The molecule has 1 amide bonds. The molecule has 1 unspecified atom stereocenters. The zero-order valence-electron chi connectivity index (χ0n) is 13.8. The summed E-state index contributed by atoms with van der Waals surface area (Å²) in [5.74, 6) is 0.223. The minimum Gasteiger partial charge on any atom is -0.492 e. The van der Waals surface area contributed by atoms with Crippen molar-refractivity contribution in [3.8, 4) is 5.75 Å². The second-order valence-corrected chi connectivity index (χ2v) is 6.61. The molecule has 0 aliphatic carbocycles. The lowest BCUT2D eigenvalue weighted by Gasteiger charge is -2.20. The van der Waals surface area contributed by atoms with Crippen LogP contribution in [-0.2, 0) is 4.79 Å². The number of alkyl halides is 1. The van der Waals surface area contributed by atoms with Crippen molar-refractivity contribution in [2.24, 2.45) is 5.41 Å². The van der Waals surface area contributed by atoms with Gasteiger partial charge >= 0.3 is 0 Å². The number of carbonyl (C=O) groups excluding carboxylic acids is 2. The predicted octanol–water partition coefficient (Wildman–Crippen LogP) is 4.27. The molecule has 1 aromatic rings. The monoisotopic (exact) mass is 325 g/mol. The van der Waals surface area contributed by atoms with Crippen molar-refractivity contribution in [1.82, 2.24) is 0 Å². The molecular formula is C17H24ClNO3. The molecule has 0 saturated heterocycles. The molecule has 0 aliphatic rings. The molecule has 0 aromatic heterocycles. The van der Waals surface area contributed by atoms with E-state index in [1.165, 1.54) is 0 Å². The quantitative estimate of drug-likeness (QED) is 0.627. The number of anilines is 1. The second kappa shape index (κ2) is 7.63. The van der Waals surface area contributed by atoms with Gasteiger partial charge in [-0.2, -0.15) is 0 Å². The normalized spacial score (nSPS) is 12.6. The Morgan fingerprint density at radius 3 is 2.41 bits per heavy atom. The van der Waals surface area contributed by atoms with Gasteiger partial charge in [0, 0.05) is 11.0 Å². The highest BCUT2D eigenvalue weighted by molar-refractivity contribution is 6.33. The number of halogens is 1. The molecule has 0 fully saturated rings. The number of rotatable bonds is 6. The van der Waals surface area contributed by atoms with Crippen LogP contribution < -0.4 is 10.1 Å². The third kappa shape index (κ3) is 4.73. The lowest BCUT2D eigenvalue weighted by Crippen LogP contribution is -2.28. The number of hydrogen-bond acceptors (Lipinski definition) is 3. The maximum absolute atomic E-state index is 12.2. The van der Waals surface area contributed by atoms with Gasteiger partial charge in [0.1, 0.15) is 5.75 Å². The number of Topliss-reactive ketones (excluding diaryl/α,β-unsaturated/α-hetero) is 1. The number of amides is 1. The van der Waals surface area contributed by atoms with Crippen molar-refractivity contribution in [2.45, 2.75) is 46.4 Å². The Morgan fingerprint density at radius 2 is 1.91 bits per heavy atom. The van der Waals surface area contributed by atoms with Crippen LogP contribution in [0.15, 0.2) is 18.2 Å². The largest absolute Gasteiger partial charge is 0.492 e. The molecule has 1 atom stereocenters. The van der Waals surface area contributed by atoms with Crippen LogP contribution in [0.1, 0.15) is 51.4 Å². The minimum absolute atomic E-state index is 0.115. The van der Waals surface area contributed by atoms with Crippen LogP contribution in [-0.4, -0.2) is 23.7 Å². The number of benzene rings is 1. The molecule has 5 heteroatoms. The molecule has 0 spiro atoms. The standard InChI is InChI=1S/C17H24ClNO3/c1-6-12(18)15(20)11-8-9-13(14(10-11)22-7-2)19-16(21)17(3,4)5/h8-10,12H,6-7H2,1-5H3,(H,19,21). The van der Waals surface area contributed by atoms with Gasteiger partial charge in [0.25, 0.3) is 0 Å². The Balaban J connectivity index is 3.10. The highest BCUT2D eigenvalue weighted by atomic mass is 35.5. The van der Waals surface area contributed by atoms with E-state index in [1.807, 2.05) is 34.6 Å². The molecule has 22 heavy (non-hydrogen) atoms. The topological polar surface area (TPSA) is 55.4 Å². The Hall–Kier alpha value is -1.55. The number of ether oxygens (including phenoxy) is 1. The molecule has 0 heterocycles. The van der Waals surface area contributed by atoms with Crippen molar-refractivity contribution in [3.05, 3.63) is 23.8 Å². The van der Waals surface area contributed by atoms with Crippen molar-refractivity contribution in [1.29, 1.82) is 0 Å². The van der Waals surface area contributed by atoms with Crippen LogP contribution in [0, 0.1) is 5.41 Å². The number of carbonyl (C=O) groups is 2. The van der Waals surface area contributed by atoms with Crippen LogP contribution in [0.4, 0.5) is 5.69 Å². The molecule has 0 aliphatic heterocycles. The number of hydrogen-bond donors (Lipinski definition) is 1.